The Morgan fingerprint density at radius 3 is 2.11 bits per heavy atom. The van der Waals surface area contributed by atoms with Crippen LogP contribution in [0.5, 0.6) is 0 Å². The minimum Gasteiger partial charge on any atom is -0.427 e. The van der Waals surface area contributed by atoms with Crippen molar-refractivity contribution < 1.29 is 14.8 Å². The van der Waals surface area contributed by atoms with Gasteiger partial charge in [-0.15, -0.1) is 0 Å². The van der Waals surface area contributed by atoms with Gasteiger partial charge in [0.05, 0.1) is 0 Å². The normalized spacial score (nSPS) is 46.7. The first kappa shape index (κ1) is 5.71. The highest BCUT2D eigenvalue weighted by atomic mass is 16.5. The number of rotatable bonds is 1. The SMILES string of the molecule is OB(O)C1[C@H]2COC[C@@H]12. The molecule has 1 aliphatic heterocycles. The van der Waals surface area contributed by atoms with Crippen LogP contribution in [0.1, 0.15) is 0 Å². The third-order valence-electron chi connectivity index (χ3n) is 2.36. The van der Waals surface area contributed by atoms with Gasteiger partial charge in [0.15, 0.2) is 0 Å². The second-order valence-electron chi connectivity index (χ2n) is 2.86. The minimum atomic E-state index is -1.11. The Hall–Kier alpha value is -0.0551. The van der Waals surface area contributed by atoms with E-state index in [1.54, 1.807) is 0 Å². The Morgan fingerprint density at radius 2 is 1.78 bits per heavy atom. The van der Waals surface area contributed by atoms with Crippen LogP contribution in [0.15, 0.2) is 0 Å². The van der Waals surface area contributed by atoms with Crippen molar-refractivity contribution in [2.45, 2.75) is 5.82 Å². The lowest BCUT2D eigenvalue weighted by Gasteiger charge is -1.99. The maximum absolute atomic E-state index is 8.70. The van der Waals surface area contributed by atoms with Crippen LogP contribution in [0.2, 0.25) is 5.82 Å². The van der Waals surface area contributed by atoms with E-state index in [0.717, 1.165) is 13.2 Å². The molecule has 2 N–H and O–H groups in total. The summed E-state index contributed by atoms with van der Waals surface area (Å²) in [4.78, 5) is 0. The summed E-state index contributed by atoms with van der Waals surface area (Å²) in [5.41, 5.74) is 0. The molecule has 50 valence electrons. The summed E-state index contributed by atoms with van der Waals surface area (Å²) in [6, 6.07) is 0. The van der Waals surface area contributed by atoms with E-state index in [-0.39, 0.29) is 5.82 Å². The molecule has 1 unspecified atom stereocenters. The predicted molar refractivity (Wildman–Crippen MR) is 31.7 cm³/mol. The lowest BCUT2D eigenvalue weighted by Crippen LogP contribution is -2.15. The number of fused-ring (bicyclic) bond motifs is 1. The van der Waals surface area contributed by atoms with E-state index in [9.17, 15) is 0 Å². The van der Waals surface area contributed by atoms with Crippen LogP contribution in [0.25, 0.3) is 0 Å². The Bertz CT molecular complexity index is 117. The number of ether oxygens (including phenoxy) is 1. The van der Waals surface area contributed by atoms with Gasteiger partial charge < -0.3 is 14.8 Å². The van der Waals surface area contributed by atoms with Crippen LogP contribution in [-0.2, 0) is 4.74 Å². The van der Waals surface area contributed by atoms with Gasteiger partial charge >= 0.3 is 7.12 Å². The second-order valence-corrected chi connectivity index (χ2v) is 2.86. The Labute approximate surface area is 53.8 Å². The quantitative estimate of drug-likeness (QED) is 0.450. The molecule has 0 amide bonds. The first-order valence-corrected chi connectivity index (χ1v) is 3.24. The van der Waals surface area contributed by atoms with Gasteiger partial charge in [0.1, 0.15) is 0 Å². The van der Waals surface area contributed by atoms with Gasteiger partial charge in [-0.3, -0.25) is 0 Å². The standard InChI is InChI=1S/C5H9BO3/c7-6(8)5-3-1-9-2-4(3)5/h3-5,7-8H,1-2H2/t3-,4+,5?. The molecular formula is C5H9BO3. The molecule has 0 aromatic heterocycles. The molecule has 3 atom stereocenters. The second kappa shape index (κ2) is 1.72. The lowest BCUT2D eigenvalue weighted by molar-refractivity contribution is 0.161. The molecule has 1 saturated heterocycles. The number of hydrogen-bond acceptors (Lipinski definition) is 3. The van der Waals surface area contributed by atoms with Gasteiger partial charge in [0, 0.05) is 19.0 Å². The van der Waals surface area contributed by atoms with Crippen LogP contribution in [0, 0.1) is 11.8 Å². The Morgan fingerprint density at radius 1 is 1.22 bits per heavy atom. The van der Waals surface area contributed by atoms with Crippen molar-refractivity contribution in [3.63, 3.8) is 0 Å². The van der Waals surface area contributed by atoms with E-state index in [1.807, 2.05) is 0 Å². The molecule has 1 aliphatic carbocycles. The summed E-state index contributed by atoms with van der Waals surface area (Å²) in [6.45, 7) is 1.46. The maximum atomic E-state index is 8.70. The van der Waals surface area contributed by atoms with Gasteiger partial charge in [-0.1, -0.05) is 0 Å². The molecule has 0 aromatic rings. The highest BCUT2D eigenvalue weighted by Gasteiger charge is 2.59. The Balaban J connectivity index is 1.94. The van der Waals surface area contributed by atoms with Crippen molar-refractivity contribution in [3.05, 3.63) is 0 Å². The van der Waals surface area contributed by atoms with Crippen molar-refractivity contribution in [1.82, 2.24) is 0 Å². The smallest absolute Gasteiger partial charge is 0.427 e. The van der Waals surface area contributed by atoms with Crippen molar-refractivity contribution >= 4 is 7.12 Å². The highest BCUT2D eigenvalue weighted by Crippen LogP contribution is 2.56. The molecule has 9 heavy (non-hydrogen) atoms. The first-order valence-electron chi connectivity index (χ1n) is 3.24. The highest BCUT2D eigenvalue weighted by molar-refractivity contribution is 6.44. The van der Waals surface area contributed by atoms with Crippen LogP contribution < -0.4 is 0 Å². The molecule has 0 spiro atoms. The molecule has 2 aliphatic rings. The third-order valence-corrected chi connectivity index (χ3v) is 2.36. The van der Waals surface area contributed by atoms with Gasteiger partial charge in [-0.2, -0.15) is 0 Å². The van der Waals surface area contributed by atoms with Gasteiger partial charge in [0.25, 0.3) is 0 Å². The van der Waals surface area contributed by atoms with E-state index >= 15 is 0 Å². The molecule has 0 radical (unpaired) electrons. The fourth-order valence-electron chi connectivity index (χ4n) is 1.73. The van der Waals surface area contributed by atoms with Gasteiger partial charge in [-0.05, 0) is 11.8 Å². The molecule has 1 heterocycles. The summed E-state index contributed by atoms with van der Waals surface area (Å²) < 4.78 is 5.06. The average molecular weight is 128 g/mol. The molecule has 1 saturated carbocycles. The Kier molecular flexibility index (Phi) is 1.09. The van der Waals surface area contributed by atoms with Crippen molar-refractivity contribution in [3.8, 4) is 0 Å². The monoisotopic (exact) mass is 128 g/mol. The molecule has 3 nitrogen and oxygen atoms in total. The lowest BCUT2D eigenvalue weighted by atomic mass is 9.80. The summed E-state index contributed by atoms with van der Waals surface area (Å²) >= 11 is 0. The van der Waals surface area contributed by atoms with Gasteiger partial charge in [0.2, 0.25) is 0 Å². The zero-order chi connectivity index (χ0) is 6.43. The molecule has 2 rings (SSSR count). The molecule has 0 bridgehead atoms. The van der Waals surface area contributed by atoms with E-state index in [2.05, 4.69) is 0 Å². The predicted octanol–water partition coefficient (Wildman–Crippen LogP) is -0.894. The zero-order valence-electron chi connectivity index (χ0n) is 5.03. The zero-order valence-corrected chi connectivity index (χ0v) is 5.03. The molecule has 4 heteroatoms. The molecule has 2 fully saturated rings. The van der Waals surface area contributed by atoms with Crippen molar-refractivity contribution in [2.24, 2.45) is 11.8 Å². The van der Waals surface area contributed by atoms with E-state index in [1.165, 1.54) is 0 Å². The summed E-state index contributed by atoms with van der Waals surface area (Å²) in [5, 5.41) is 17.4. The van der Waals surface area contributed by atoms with Crippen LogP contribution in [0.4, 0.5) is 0 Å². The third kappa shape index (κ3) is 0.706. The summed E-state index contributed by atoms with van der Waals surface area (Å²) in [7, 11) is -1.11. The largest absolute Gasteiger partial charge is 0.455 e. The van der Waals surface area contributed by atoms with E-state index in [4.69, 9.17) is 14.8 Å². The van der Waals surface area contributed by atoms with Crippen LogP contribution in [0.3, 0.4) is 0 Å². The average Bonchev–Trinajstić information content (AvgIpc) is 2.30. The fourth-order valence-corrected chi connectivity index (χ4v) is 1.73. The molecule has 0 aromatic carbocycles. The van der Waals surface area contributed by atoms with Crippen LogP contribution in [-0.4, -0.2) is 30.4 Å². The summed E-state index contributed by atoms with van der Waals surface area (Å²) in [6.07, 6.45) is 0. The summed E-state index contributed by atoms with van der Waals surface area (Å²) in [5.74, 6) is 1.02. The number of hydrogen-bond donors (Lipinski definition) is 2. The maximum Gasteiger partial charge on any atom is 0.455 e. The first-order chi connectivity index (χ1) is 4.30. The van der Waals surface area contributed by atoms with Gasteiger partial charge in [-0.25, -0.2) is 0 Å². The fraction of sp³-hybridized carbons (Fsp3) is 1.00. The van der Waals surface area contributed by atoms with E-state index < -0.39 is 7.12 Å². The van der Waals surface area contributed by atoms with Crippen LogP contribution >= 0.6 is 0 Å². The van der Waals surface area contributed by atoms with E-state index in [0.29, 0.717) is 11.8 Å². The van der Waals surface area contributed by atoms with Crippen molar-refractivity contribution in [2.75, 3.05) is 13.2 Å². The minimum absolute atomic E-state index is 0.124. The van der Waals surface area contributed by atoms with Crippen molar-refractivity contribution in [1.29, 1.82) is 0 Å². The topological polar surface area (TPSA) is 49.7 Å². The molecular weight excluding hydrogens is 119 g/mol.